The number of nitro groups is 1. The fraction of sp³-hybridized carbons (Fsp3) is 0.107. The van der Waals surface area contributed by atoms with E-state index < -0.39 is 16.8 Å². The van der Waals surface area contributed by atoms with Crippen LogP contribution < -0.4 is 19.6 Å². The number of rotatable bonds is 10. The maximum Gasteiger partial charge on any atom is 0.343 e. The van der Waals surface area contributed by atoms with Crippen LogP contribution in [0.15, 0.2) is 90.0 Å². The van der Waals surface area contributed by atoms with E-state index in [4.69, 9.17) is 14.2 Å². The third-order valence-electron chi connectivity index (χ3n) is 5.33. The molecule has 0 saturated carbocycles. The maximum absolute atomic E-state index is 12.8. The number of hydrazone groups is 1. The minimum atomic E-state index is -0.557. The standard InChI is InChI=1S/C28H23N3O7/c1-2-36-22-12-7-20(8-13-22)28(33)38-26-16-9-19-5-3-4-6-24(19)25(26)17-29-30-27(32)18-37-23-14-10-21(11-15-23)31(34)35/h3-17H,2,18H2,1H3,(H,30,32)/b29-17-. The average Bonchev–Trinajstić information content (AvgIpc) is 2.93. The van der Waals surface area contributed by atoms with E-state index in [2.05, 4.69) is 10.5 Å². The monoisotopic (exact) mass is 513 g/mol. The van der Waals surface area contributed by atoms with E-state index in [0.29, 0.717) is 29.2 Å². The van der Waals surface area contributed by atoms with Crippen molar-refractivity contribution in [1.82, 2.24) is 5.43 Å². The van der Waals surface area contributed by atoms with E-state index in [0.717, 1.165) is 10.8 Å². The molecule has 4 aromatic carbocycles. The van der Waals surface area contributed by atoms with Crippen LogP contribution in [0, 0.1) is 10.1 Å². The van der Waals surface area contributed by atoms with Crippen LogP contribution in [0.4, 0.5) is 5.69 Å². The molecule has 192 valence electrons. The molecule has 0 aliphatic heterocycles. The molecule has 0 atom stereocenters. The van der Waals surface area contributed by atoms with Crippen molar-refractivity contribution < 1.29 is 28.7 Å². The lowest BCUT2D eigenvalue weighted by Gasteiger charge is -2.11. The fourth-order valence-corrected chi connectivity index (χ4v) is 3.52. The molecule has 0 aromatic heterocycles. The Bertz CT molecular complexity index is 1480. The normalized spacial score (nSPS) is 10.8. The highest BCUT2D eigenvalue weighted by molar-refractivity contribution is 6.04. The van der Waals surface area contributed by atoms with Crippen molar-refractivity contribution in [2.24, 2.45) is 5.10 Å². The second-order valence-electron chi connectivity index (χ2n) is 7.88. The summed E-state index contributed by atoms with van der Waals surface area (Å²) in [5, 5.41) is 16.4. The van der Waals surface area contributed by atoms with Gasteiger partial charge in [0.2, 0.25) is 0 Å². The summed E-state index contributed by atoms with van der Waals surface area (Å²) in [5.41, 5.74) is 3.13. The van der Waals surface area contributed by atoms with Crippen molar-refractivity contribution >= 4 is 34.6 Å². The highest BCUT2D eigenvalue weighted by Crippen LogP contribution is 2.27. The summed E-state index contributed by atoms with van der Waals surface area (Å²) in [6, 6.07) is 22.9. The lowest BCUT2D eigenvalue weighted by Crippen LogP contribution is -2.24. The number of nitrogens with zero attached hydrogens (tertiary/aromatic N) is 2. The van der Waals surface area contributed by atoms with Gasteiger partial charge in [0.25, 0.3) is 11.6 Å². The van der Waals surface area contributed by atoms with Gasteiger partial charge in [0.1, 0.15) is 17.2 Å². The molecule has 4 aromatic rings. The number of benzene rings is 4. The van der Waals surface area contributed by atoms with Crippen molar-refractivity contribution in [2.45, 2.75) is 6.92 Å². The van der Waals surface area contributed by atoms with Gasteiger partial charge in [0.05, 0.1) is 23.3 Å². The third-order valence-corrected chi connectivity index (χ3v) is 5.33. The van der Waals surface area contributed by atoms with E-state index >= 15 is 0 Å². The number of ether oxygens (including phenoxy) is 3. The van der Waals surface area contributed by atoms with Crippen LogP contribution in [-0.2, 0) is 4.79 Å². The van der Waals surface area contributed by atoms with E-state index in [9.17, 15) is 19.7 Å². The molecule has 10 nitrogen and oxygen atoms in total. The summed E-state index contributed by atoms with van der Waals surface area (Å²) >= 11 is 0. The first-order valence-electron chi connectivity index (χ1n) is 11.6. The minimum Gasteiger partial charge on any atom is -0.494 e. The van der Waals surface area contributed by atoms with Crippen LogP contribution in [0.3, 0.4) is 0 Å². The number of carbonyl (C=O) groups excluding carboxylic acids is 2. The average molecular weight is 514 g/mol. The van der Waals surface area contributed by atoms with Crippen LogP contribution in [0.1, 0.15) is 22.8 Å². The lowest BCUT2D eigenvalue weighted by molar-refractivity contribution is -0.384. The molecular formula is C28H23N3O7. The molecule has 0 radical (unpaired) electrons. The number of non-ortho nitro benzene ring substituents is 1. The second kappa shape index (κ2) is 12.1. The quantitative estimate of drug-likeness (QED) is 0.105. The van der Waals surface area contributed by atoms with Crippen LogP contribution >= 0.6 is 0 Å². The number of amides is 1. The highest BCUT2D eigenvalue weighted by Gasteiger charge is 2.14. The van der Waals surface area contributed by atoms with Crippen LogP contribution in [0.2, 0.25) is 0 Å². The molecule has 0 saturated heterocycles. The molecule has 0 spiro atoms. The van der Waals surface area contributed by atoms with Gasteiger partial charge in [0, 0.05) is 17.7 Å². The van der Waals surface area contributed by atoms with Gasteiger partial charge in [0.15, 0.2) is 6.61 Å². The fourth-order valence-electron chi connectivity index (χ4n) is 3.52. The van der Waals surface area contributed by atoms with E-state index in [1.165, 1.54) is 30.5 Å². The molecule has 0 aliphatic carbocycles. The molecule has 38 heavy (non-hydrogen) atoms. The summed E-state index contributed by atoms with van der Waals surface area (Å²) in [6.45, 7) is 2.03. The number of esters is 1. The summed E-state index contributed by atoms with van der Waals surface area (Å²) in [7, 11) is 0. The molecule has 1 N–H and O–H groups in total. The first kappa shape index (κ1) is 25.8. The summed E-state index contributed by atoms with van der Waals surface area (Å²) in [6.07, 6.45) is 1.40. The van der Waals surface area contributed by atoms with Gasteiger partial charge in [-0.2, -0.15) is 5.10 Å². The SMILES string of the molecule is CCOc1ccc(C(=O)Oc2ccc3ccccc3c2/C=N\NC(=O)COc2ccc([N+](=O)[O-])cc2)cc1. The van der Waals surface area contributed by atoms with Crippen molar-refractivity contribution in [3.63, 3.8) is 0 Å². The minimum absolute atomic E-state index is 0.0829. The van der Waals surface area contributed by atoms with Gasteiger partial charge in [-0.15, -0.1) is 0 Å². The molecule has 0 heterocycles. The smallest absolute Gasteiger partial charge is 0.343 e. The largest absolute Gasteiger partial charge is 0.494 e. The number of hydrogen-bond acceptors (Lipinski definition) is 8. The third kappa shape index (κ3) is 6.49. The molecule has 10 heteroatoms. The zero-order chi connectivity index (χ0) is 26.9. The number of nitro benzene ring substituents is 1. The van der Waals surface area contributed by atoms with Crippen molar-refractivity contribution in [1.29, 1.82) is 0 Å². The first-order valence-corrected chi connectivity index (χ1v) is 11.6. The second-order valence-corrected chi connectivity index (χ2v) is 7.88. The molecule has 0 aliphatic rings. The topological polar surface area (TPSA) is 129 Å². The predicted octanol–water partition coefficient (Wildman–Crippen LogP) is 4.90. The van der Waals surface area contributed by atoms with E-state index in [1.807, 2.05) is 37.3 Å². The molecular weight excluding hydrogens is 490 g/mol. The molecule has 0 unspecified atom stereocenters. The summed E-state index contributed by atoms with van der Waals surface area (Å²) < 4.78 is 16.4. The van der Waals surface area contributed by atoms with Crippen molar-refractivity contribution in [3.8, 4) is 17.2 Å². The van der Waals surface area contributed by atoms with E-state index in [-0.39, 0.29) is 18.0 Å². The lowest BCUT2D eigenvalue weighted by atomic mass is 10.0. The van der Waals surface area contributed by atoms with Gasteiger partial charge < -0.3 is 14.2 Å². The molecule has 4 rings (SSSR count). The Hall–Kier alpha value is -5.25. The first-order chi connectivity index (χ1) is 18.4. The van der Waals surface area contributed by atoms with Crippen molar-refractivity contribution in [2.75, 3.05) is 13.2 Å². The summed E-state index contributed by atoms with van der Waals surface area (Å²) in [5.74, 6) is 0.108. The number of hydrogen-bond donors (Lipinski definition) is 1. The van der Waals surface area contributed by atoms with Crippen molar-refractivity contribution in [3.05, 3.63) is 106 Å². The Morgan fingerprint density at radius 3 is 2.32 bits per heavy atom. The zero-order valence-corrected chi connectivity index (χ0v) is 20.3. The number of carbonyl (C=O) groups is 2. The van der Waals surface area contributed by atoms with Crippen LogP contribution in [0.5, 0.6) is 17.2 Å². The molecule has 1 amide bonds. The highest BCUT2D eigenvalue weighted by atomic mass is 16.6. The number of fused-ring (bicyclic) bond motifs is 1. The van der Waals surface area contributed by atoms with E-state index in [1.54, 1.807) is 30.3 Å². The number of nitrogens with one attached hydrogen (secondary N) is 1. The summed E-state index contributed by atoms with van der Waals surface area (Å²) in [4.78, 5) is 35.2. The van der Waals surface area contributed by atoms with Gasteiger partial charge in [-0.25, -0.2) is 10.2 Å². The molecule has 0 bridgehead atoms. The Kier molecular flexibility index (Phi) is 8.25. The maximum atomic E-state index is 12.8. The van der Waals surface area contributed by atoms with Gasteiger partial charge in [-0.05, 0) is 60.2 Å². The zero-order valence-electron chi connectivity index (χ0n) is 20.3. The Morgan fingerprint density at radius 1 is 0.921 bits per heavy atom. The Labute approximate surface area is 217 Å². The Morgan fingerprint density at radius 2 is 1.61 bits per heavy atom. The Balaban J connectivity index is 1.46. The molecule has 0 fully saturated rings. The predicted molar refractivity (Wildman–Crippen MR) is 141 cm³/mol. The van der Waals surface area contributed by atoms with Gasteiger partial charge in [-0.1, -0.05) is 30.3 Å². The van der Waals surface area contributed by atoms with Gasteiger partial charge >= 0.3 is 5.97 Å². The van der Waals surface area contributed by atoms with Gasteiger partial charge in [-0.3, -0.25) is 14.9 Å². The van der Waals surface area contributed by atoms with Crippen LogP contribution in [0.25, 0.3) is 10.8 Å². The van der Waals surface area contributed by atoms with Crippen LogP contribution in [-0.4, -0.2) is 36.2 Å².